The maximum atomic E-state index is 12.1. The van der Waals surface area contributed by atoms with Crippen molar-refractivity contribution in [1.29, 1.82) is 0 Å². The van der Waals surface area contributed by atoms with Crippen LogP contribution in [0.25, 0.3) is 0 Å². The molecule has 0 unspecified atom stereocenters. The molecule has 0 heterocycles. The van der Waals surface area contributed by atoms with E-state index in [1.807, 2.05) is 0 Å². The summed E-state index contributed by atoms with van der Waals surface area (Å²) in [6, 6.07) is 6.99. The normalized spacial score (nSPS) is 10.4. The van der Waals surface area contributed by atoms with Gasteiger partial charge < -0.3 is 5.32 Å². The Morgan fingerprint density at radius 3 is 2.50 bits per heavy atom. The van der Waals surface area contributed by atoms with Gasteiger partial charge in [0.05, 0.1) is 0 Å². The molecule has 0 saturated carbocycles. The van der Waals surface area contributed by atoms with Gasteiger partial charge in [-0.1, -0.05) is 38.8 Å². The van der Waals surface area contributed by atoms with Gasteiger partial charge in [0.1, 0.15) is 6.29 Å². The Morgan fingerprint density at radius 2 is 1.94 bits per heavy atom. The summed E-state index contributed by atoms with van der Waals surface area (Å²) < 4.78 is 0. The van der Waals surface area contributed by atoms with Gasteiger partial charge in [0.15, 0.2) is 0 Å². The minimum Gasteiger partial charge on any atom is -0.326 e. The molecule has 18 heavy (non-hydrogen) atoms. The van der Waals surface area contributed by atoms with Crippen molar-refractivity contribution >= 4 is 17.9 Å². The van der Waals surface area contributed by atoms with Crippen molar-refractivity contribution in [1.82, 2.24) is 0 Å². The number of rotatable bonds is 7. The lowest BCUT2D eigenvalue weighted by Crippen LogP contribution is -2.22. The molecule has 1 rings (SSSR count). The number of nitrogens with one attached hydrogen (secondary N) is 1. The van der Waals surface area contributed by atoms with Crippen LogP contribution in [-0.2, 0) is 4.79 Å². The first kappa shape index (κ1) is 14.4. The third-order valence-corrected chi connectivity index (χ3v) is 2.94. The molecule has 3 heteroatoms. The van der Waals surface area contributed by atoms with Gasteiger partial charge in [-0.3, -0.25) is 9.59 Å². The van der Waals surface area contributed by atoms with Crippen molar-refractivity contribution in [3.63, 3.8) is 0 Å². The lowest BCUT2D eigenvalue weighted by molar-refractivity contribution is -0.120. The second-order valence-corrected chi connectivity index (χ2v) is 4.51. The summed E-state index contributed by atoms with van der Waals surface area (Å²) in [7, 11) is 0. The molecule has 0 aliphatic rings. The van der Waals surface area contributed by atoms with Crippen LogP contribution in [0.1, 0.15) is 49.9 Å². The predicted molar refractivity (Wildman–Crippen MR) is 73.8 cm³/mol. The van der Waals surface area contributed by atoms with Gasteiger partial charge in [-0.25, -0.2) is 0 Å². The standard InChI is InChI=1S/C15H21NO2/c1-3-6-13(7-4-2)15(18)16-14-9-5-8-12(10-14)11-17/h5,8-11,13H,3-4,6-7H2,1-2H3,(H,16,18). The van der Waals surface area contributed by atoms with E-state index in [1.165, 1.54) is 0 Å². The van der Waals surface area contributed by atoms with Gasteiger partial charge in [-0.05, 0) is 25.0 Å². The Balaban J connectivity index is 2.68. The van der Waals surface area contributed by atoms with Crippen LogP contribution in [0.15, 0.2) is 24.3 Å². The van der Waals surface area contributed by atoms with Crippen LogP contribution >= 0.6 is 0 Å². The molecular formula is C15H21NO2. The molecule has 1 aromatic rings. The first-order valence-corrected chi connectivity index (χ1v) is 6.57. The van der Waals surface area contributed by atoms with Gasteiger partial charge in [-0.15, -0.1) is 0 Å². The summed E-state index contributed by atoms with van der Waals surface area (Å²) in [6.45, 7) is 4.17. The molecular weight excluding hydrogens is 226 g/mol. The molecule has 0 bridgehead atoms. The number of hydrogen-bond donors (Lipinski definition) is 1. The topological polar surface area (TPSA) is 46.2 Å². The molecule has 0 saturated heterocycles. The predicted octanol–water partition coefficient (Wildman–Crippen LogP) is 3.65. The summed E-state index contributed by atoms with van der Waals surface area (Å²) >= 11 is 0. The number of carbonyl (C=O) groups is 2. The molecule has 1 aromatic carbocycles. The van der Waals surface area contributed by atoms with E-state index in [1.54, 1.807) is 24.3 Å². The second-order valence-electron chi connectivity index (χ2n) is 4.51. The summed E-state index contributed by atoms with van der Waals surface area (Å²) in [5.74, 6) is 0.127. The van der Waals surface area contributed by atoms with E-state index in [4.69, 9.17) is 0 Å². The Bertz CT molecular complexity index is 395. The third kappa shape index (κ3) is 4.32. The highest BCUT2D eigenvalue weighted by molar-refractivity contribution is 5.93. The number of hydrogen-bond acceptors (Lipinski definition) is 2. The van der Waals surface area contributed by atoms with Gasteiger partial charge in [-0.2, -0.15) is 0 Å². The van der Waals surface area contributed by atoms with E-state index in [0.717, 1.165) is 32.0 Å². The zero-order chi connectivity index (χ0) is 13.4. The number of benzene rings is 1. The molecule has 0 radical (unpaired) electrons. The smallest absolute Gasteiger partial charge is 0.227 e. The maximum Gasteiger partial charge on any atom is 0.227 e. The average Bonchev–Trinajstić information content (AvgIpc) is 2.38. The Kier molecular flexibility index (Phi) is 6.12. The summed E-state index contributed by atoms with van der Waals surface area (Å²) in [4.78, 5) is 22.8. The first-order chi connectivity index (χ1) is 8.71. The summed E-state index contributed by atoms with van der Waals surface area (Å²) in [5, 5.41) is 2.89. The fourth-order valence-electron chi connectivity index (χ4n) is 2.04. The number of anilines is 1. The fraction of sp³-hybridized carbons (Fsp3) is 0.467. The van der Waals surface area contributed by atoms with Crippen LogP contribution in [-0.4, -0.2) is 12.2 Å². The van der Waals surface area contributed by atoms with Crippen LogP contribution in [0.2, 0.25) is 0 Å². The summed E-state index contributed by atoms with van der Waals surface area (Å²) in [6.07, 6.45) is 4.62. The highest BCUT2D eigenvalue weighted by atomic mass is 16.1. The minimum absolute atomic E-state index is 0.0572. The minimum atomic E-state index is 0.0572. The van der Waals surface area contributed by atoms with E-state index in [2.05, 4.69) is 19.2 Å². The molecule has 0 aliphatic carbocycles. The van der Waals surface area contributed by atoms with E-state index >= 15 is 0 Å². The van der Waals surface area contributed by atoms with Crippen LogP contribution < -0.4 is 5.32 Å². The highest BCUT2D eigenvalue weighted by Gasteiger charge is 2.16. The average molecular weight is 247 g/mol. The highest BCUT2D eigenvalue weighted by Crippen LogP contribution is 2.17. The maximum absolute atomic E-state index is 12.1. The van der Waals surface area contributed by atoms with Crippen molar-refractivity contribution in [2.24, 2.45) is 5.92 Å². The molecule has 1 N–H and O–H groups in total. The molecule has 0 fully saturated rings. The number of carbonyl (C=O) groups excluding carboxylic acids is 2. The van der Waals surface area contributed by atoms with Crippen LogP contribution in [0.4, 0.5) is 5.69 Å². The van der Waals surface area contributed by atoms with Gasteiger partial charge >= 0.3 is 0 Å². The van der Waals surface area contributed by atoms with E-state index < -0.39 is 0 Å². The Morgan fingerprint density at radius 1 is 1.28 bits per heavy atom. The molecule has 1 amide bonds. The molecule has 98 valence electrons. The zero-order valence-corrected chi connectivity index (χ0v) is 11.1. The molecule has 3 nitrogen and oxygen atoms in total. The van der Waals surface area contributed by atoms with Crippen LogP contribution in [0.5, 0.6) is 0 Å². The first-order valence-electron chi connectivity index (χ1n) is 6.57. The van der Waals surface area contributed by atoms with Crippen molar-refractivity contribution < 1.29 is 9.59 Å². The van der Waals surface area contributed by atoms with Crippen LogP contribution in [0.3, 0.4) is 0 Å². The molecule has 0 aliphatic heterocycles. The zero-order valence-electron chi connectivity index (χ0n) is 11.1. The molecule has 0 atom stereocenters. The SMILES string of the molecule is CCCC(CCC)C(=O)Nc1cccc(C=O)c1. The Labute approximate surface area is 109 Å². The quantitative estimate of drug-likeness (QED) is 0.747. The van der Waals surface area contributed by atoms with Crippen molar-refractivity contribution in [2.45, 2.75) is 39.5 Å². The lowest BCUT2D eigenvalue weighted by atomic mass is 9.97. The monoisotopic (exact) mass is 247 g/mol. The van der Waals surface area contributed by atoms with E-state index in [9.17, 15) is 9.59 Å². The largest absolute Gasteiger partial charge is 0.326 e. The van der Waals surface area contributed by atoms with Gasteiger partial charge in [0.2, 0.25) is 5.91 Å². The molecule has 0 aromatic heterocycles. The fourth-order valence-corrected chi connectivity index (χ4v) is 2.04. The van der Waals surface area contributed by atoms with Crippen molar-refractivity contribution in [3.8, 4) is 0 Å². The lowest BCUT2D eigenvalue weighted by Gasteiger charge is -2.15. The van der Waals surface area contributed by atoms with E-state index in [-0.39, 0.29) is 11.8 Å². The van der Waals surface area contributed by atoms with E-state index in [0.29, 0.717) is 11.3 Å². The van der Waals surface area contributed by atoms with Crippen LogP contribution in [0, 0.1) is 5.92 Å². The molecule has 0 spiro atoms. The van der Waals surface area contributed by atoms with Crippen molar-refractivity contribution in [2.75, 3.05) is 5.32 Å². The Hall–Kier alpha value is -1.64. The third-order valence-electron chi connectivity index (χ3n) is 2.94. The van der Waals surface area contributed by atoms with Gasteiger partial charge in [0.25, 0.3) is 0 Å². The van der Waals surface area contributed by atoms with Gasteiger partial charge in [0, 0.05) is 17.2 Å². The van der Waals surface area contributed by atoms with Crippen molar-refractivity contribution in [3.05, 3.63) is 29.8 Å². The number of amides is 1. The second kappa shape index (κ2) is 7.64. The number of aldehydes is 1. The summed E-state index contributed by atoms with van der Waals surface area (Å²) in [5.41, 5.74) is 1.28.